The van der Waals surface area contributed by atoms with Crippen LogP contribution in [0, 0.1) is 17.6 Å². The predicted octanol–water partition coefficient (Wildman–Crippen LogP) is 5.21. The molecular weight excluding hydrogens is 570 g/mol. The van der Waals surface area contributed by atoms with Gasteiger partial charge in [-0.1, -0.05) is 42.5 Å². The van der Waals surface area contributed by atoms with Gasteiger partial charge < -0.3 is 25.6 Å². The Bertz CT molecular complexity index is 1410. The molecule has 3 aromatic carbocycles. The standard InChI is InChI=1S/C29H26F6N2O5/c30-20-8-6-18(7-9-20)28(15-16-4-2-1-3-5-16,37-27(41)36-23-10-17(25(39)40)11-24(23)38)19-12-21(31)14-22(13-19)42-29(34,35)26(32)33/h1-9,12-14,17,23-24,26,38H,10-11,15H2,(H,39,40)(H2,36,37,41)/t17?,23?,24?,28-/m1/s1. The van der Waals surface area contributed by atoms with Crippen LogP contribution in [-0.2, 0) is 16.8 Å². The zero-order chi connectivity index (χ0) is 30.7. The number of halogens is 6. The second-order valence-electron chi connectivity index (χ2n) is 9.99. The molecule has 224 valence electrons. The summed E-state index contributed by atoms with van der Waals surface area (Å²) in [6.45, 7) is 0. The first-order valence-electron chi connectivity index (χ1n) is 12.7. The van der Waals surface area contributed by atoms with Crippen molar-refractivity contribution in [2.24, 2.45) is 5.92 Å². The first-order valence-corrected chi connectivity index (χ1v) is 12.7. The lowest BCUT2D eigenvalue weighted by Crippen LogP contribution is -2.55. The normalized spacial score (nSPS) is 20.1. The lowest BCUT2D eigenvalue weighted by atomic mass is 9.77. The molecule has 0 heterocycles. The first-order chi connectivity index (χ1) is 19.8. The number of amides is 2. The molecule has 42 heavy (non-hydrogen) atoms. The summed E-state index contributed by atoms with van der Waals surface area (Å²) in [6.07, 6.45) is -10.8. The quantitative estimate of drug-likeness (QED) is 0.241. The molecule has 1 saturated carbocycles. The third kappa shape index (κ3) is 6.96. The van der Waals surface area contributed by atoms with Gasteiger partial charge in [0.05, 0.1) is 23.6 Å². The minimum absolute atomic E-state index is 0.0905. The largest absolute Gasteiger partial charge is 0.481 e. The molecule has 1 aliphatic carbocycles. The fourth-order valence-electron chi connectivity index (χ4n) is 5.04. The maximum atomic E-state index is 14.9. The third-order valence-electron chi connectivity index (χ3n) is 7.04. The van der Waals surface area contributed by atoms with Crippen LogP contribution < -0.4 is 15.4 Å². The number of urea groups is 1. The number of hydrogen-bond donors (Lipinski definition) is 4. The van der Waals surface area contributed by atoms with Gasteiger partial charge in [0.1, 0.15) is 17.4 Å². The molecule has 0 spiro atoms. The fourth-order valence-corrected chi connectivity index (χ4v) is 5.04. The Kier molecular flexibility index (Phi) is 9.00. The van der Waals surface area contributed by atoms with Gasteiger partial charge in [-0.2, -0.15) is 17.6 Å². The van der Waals surface area contributed by atoms with Crippen LogP contribution in [0.3, 0.4) is 0 Å². The Morgan fingerprint density at radius 2 is 1.60 bits per heavy atom. The summed E-state index contributed by atoms with van der Waals surface area (Å²) in [6, 6.07) is 13.2. The molecule has 7 nitrogen and oxygen atoms in total. The number of ether oxygens (including phenoxy) is 1. The maximum absolute atomic E-state index is 14.9. The SMILES string of the molecule is O=C(NC1CC(C(=O)O)CC1O)N[C@](Cc1ccccc1)(c1ccc(F)cc1)c1cc(F)cc(OC(F)(F)C(F)F)c1. The topological polar surface area (TPSA) is 108 Å². The summed E-state index contributed by atoms with van der Waals surface area (Å²) in [5.41, 5.74) is -1.38. The number of alkyl halides is 4. The molecule has 4 N–H and O–H groups in total. The molecule has 3 aromatic rings. The molecule has 2 amide bonds. The van der Waals surface area contributed by atoms with Gasteiger partial charge in [0.2, 0.25) is 0 Å². The van der Waals surface area contributed by atoms with Crippen molar-refractivity contribution >= 4 is 12.0 Å². The molecule has 4 atom stereocenters. The first kappa shape index (κ1) is 30.7. The zero-order valence-corrected chi connectivity index (χ0v) is 21.7. The average Bonchev–Trinajstić information content (AvgIpc) is 3.28. The number of carboxylic acid groups (broad SMARTS) is 1. The van der Waals surface area contributed by atoms with E-state index in [1.807, 2.05) is 0 Å². The summed E-state index contributed by atoms with van der Waals surface area (Å²) in [7, 11) is 0. The number of nitrogens with one attached hydrogen (secondary N) is 2. The second kappa shape index (κ2) is 12.3. The third-order valence-corrected chi connectivity index (χ3v) is 7.04. The van der Waals surface area contributed by atoms with Crippen molar-refractivity contribution in [2.75, 3.05) is 0 Å². The van der Waals surface area contributed by atoms with Crippen LogP contribution in [0.15, 0.2) is 72.8 Å². The highest BCUT2D eigenvalue weighted by Gasteiger charge is 2.45. The fraction of sp³-hybridized carbons (Fsp3) is 0.310. The van der Waals surface area contributed by atoms with E-state index >= 15 is 0 Å². The Morgan fingerprint density at radius 1 is 0.929 bits per heavy atom. The zero-order valence-electron chi connectivity index (χ0n) is 21.7. The molecule has 4 rings (SSSR count). The number of rotatable bonds is 10. The van der Waals surface area contributed by atoms with Crippen molar-refractivity contribution in [1.29, 1.82) is 0 Å². The van der Waals surface area contributed by atoms with Crippen LogP contribution in [0.2, 0.25) is 0 Å². The number of aliphatic hydroxyl groups is 1. The van der Waals surface area contributed by atoms with Crippen LogP contribution in [0.25, 0.3) is 0 Å². The van der Waals surface area contributed by atoms with E-state index in [-0.39, 0.29) is 30.4 Å². The lowest BCUT2D eigenvalue weighted by molar-refractivity contribution is -0.253. The van der Waals surface area contributed by atoms with Gasteiger partial charge in [0.25, 0.3) is 0 Å². The minimum atomic E-state index is -4.97. The van der Waals surface area contributed by atoms with Crippen molar-refractivity contribution in [3.63, 3.8) is 0 Å². The van der Waals surface area contributed by atoms with Crippen molar-refractivity contribution in [3.05, 3.63) is 101 Å². The van der Waals surface area contributed by atoms with E-state index in [1.54, 1.807) is 30.3 Å². The van der Waals surface area contributed by atoms with Crippen LogP contribution >= 0.6 is 0 Å². The van der Waals surface area contributed by atoms with Gasteiger partial charge in [-0.15, -0.1) is 0 Å². The van der Waals surface area contributed by atoms with Gasteiger partial charge in [0, 0.05) is 12.5 Å². The van der Waals surface area contributed by atoms with E-state index in [1.165, 1.54) is 12.1 Å². The molecule has 0 radical (unpaired) electrons. The van der Waals surface area contributed by atoms with Crippen molar-refractivity contribution in [3.8, 4) is 5.75 Å². The van der Waals surface area contributed by atoms with Crippen LogP contribution in [0.1, 0.15) is 29.5 Å². The van der Waals surface area contributed by atoms with E-state index in [0.717, 1.165) is 24.3 Å². The second-order valence-corrected chi connectivity index (χ2v) is 9.99. The Balaban J connectivity index is 1.83. The number of hydrogen-bond acceptors (Lipinski definition) is 4. The summed E-state index contributed by atoms with van der Waals surface area (Å²) in [4.78, 5) is 24.8. The van der Waals surface area contributed by atoms with Crippen molar-refractivity contribution < 1.29 is 50.9 Å². The lowest BCUT2D eigenvalue weighted by Gasteiger charge is -2.37. The summed E-state index contributed by atoms with van der Waals surface area (Å²) in [5, 5.41) is 24.8. The van der Waals surface area contributed by atoms with Gasteiger partial charge >= 0.3 is 24.5 Å². The van der Waals surface area contributed by atoms with E-state index < -0.39 is 65.5 Å². The number of carbonyl (C=O) groups excluding carboxylic acids is 1. The number of aliphatic carboxylic acids is 1. The van der Waals surface area contributed by atoms with Crippen LogP contribution in [0.4, 0.5) is 31.1 Å². The highest BCUT2D eigenvalue weighted by molar-refractivity contribution is 5.77. The minimum Gasteiger partial charge on any atom is -0.481 e. The van der Waals surface area contributed by atoms with Crippen LogP contribution in [0.5, 0.6) is 5.75 Å². The van der Waals surface area contributed by atoms with E-state index in [0.29, 0.717) is 11.6 Å². The summed E-state index contributed by atoms with van der Waals surface area (Å²) >= 11 is 0. The van der Waals surface area contributed by atoms with Gasteiger partial charge in [-0.25, -0.2) is 13.6 Å². The molecule has 13 heteroatoms. The molecule has 0 aliphatic heterocycles. The number of carbonyl (C=O) groups is 2. The predicted molar refractivity (Wildman–Crippen MR) is 137 cm³/mol. The van der Waals surface area contributed by atoms with Gasteiger partial charge in [-0.05, 0) is 53.8 Å². The Labute approximate surface area is 236 Å². The molecule has 0 saturated heterocycles. The average molecular weight is 597 g/mol. The summed E-state index contributed by atoms with van der Waals surface area (Å²) in [5.74, 6) is -4.87. The Hall–Kier alpha value is -4.26. The van der Waals surface area contributed by atoms with Crippen molar-refractivity contribution in [1.82, 2.24) is 10.6 Å². The maximum Gasteiger partial charge on any atom is 0.461 e. The van der Waals surface area contributed by atoms with Crippen LogP contribution in [-0.4, -0.2) is 46.9 Å². The molecule has 1 fully saturated rings. The molecule has 0 bridgehead atoms. The smallest absolute Gasteiger partial charge is 0.461 e. The number of aliphatic hydroxyl groups excluding tert-OH is 1. The molecule has 3 unspecified atom stereocenters. The van der Waals surface area contributed by atoms with Gasteiger partial charge in [0.15, 0.2) is 0 Å². The van der Waals surface area contributed by atoms with E-state index in [9.17, 15) is 46.1 Å². The summed E-state index contributed by atoms with van der Waals surface area (Å²) < 4.78 is 86.3. The number of carboxylic acids is 1. The van der Waals surface area contributed by atoms with E-state index in [2.05, 4.69) is 15.4 Å². The molecular formula is C29H26F6N2O5. The highest BCUT2D eigenvalue weighted by atomic mass is 19.3. The Morgan fingerprint density at radius 3 is 2.19 bits per heavy atom. The highest BCUT2D eigenvalue weighted by Crippen LogP contribution is 2.38. The monoisotopic (exact) mass is 596 g/mol. The number of benzene rings is 3. The molecule has 0 aromatic heterocycles. The van der Waals surface area contributed by atoms with E-state index in [4.69, 9.17) is 0 Å². The van der Waals surface area contributed by atoms with Gasteiger partial charge in [-0.3, -0.25) is 4.79 Å². The molecule has 1 aliphatic rings. The van der Waals surface area contributed by atoms with Crippen molar-refractivity contribution in [2.45, 2.75) is 49.5 Å².